The summed E-state index contributed by atoms with van der Waals surface area (Å²) in [4.78, 5) is 15.6. The van der Waals surface area contributed by atoms with E-state index in [1.165, 1.54) is 25.3 Å². The molecule has 2 N–H and O–H groups in total. The Hall–Kier alpha value is -3.08. The van der Waals surface area contributed by atoms with Gasteiger partial charge in [0.15, 0.2) is 0 Å². The molecule has 5 nitrogen and oxygen atoms in total. The van der Waals surface area contributed by atoms with Gasteiger partial charge in [-0.05, 0) is 35.9 Å². The summed E-state index contributed by atoms with van der Waals surface area (Å²) in [6.45, 7) is 0. The van der Waals surface area contributed by atoms with Gasteiger partial charge in [-0.15, -0.1) is 0 Å². The number of methoxy groups -OCH3 is 1. The zero-order chi connectivity index (χ0) is 15.7. The lowest BCUT2D eigenvalue weighted by Crippen LogP contribution is -1.98. The van der Waals surface area contributed by atoms with Gasteiger partial charge < -0.3 is 14.9 Å². The number of aromatic nitrogens is 1. The molecule has 0 aliphatic rings. The zero-order valence-corrected chi connectivity index (χ0v) is 11.8. The smallest absolute Gasteiger partial charge is 0.335 e. The minimum atomic E-state index is -1.11. The molecule has 0 aliphatic carbocycles. The van der Waals surface area contributed by atoms with Gasteiger partial charge in [0.2, 0.25) is 5.88 Å². The van der Waals surface area contributed by atoms with E-state index < -0.39 is 5.97 Å². The van der Waals surface area contributed by atoms with E-state index >= 15 is 0 Å². The van der Waals surface area contributed by atoms with Crippen molar-refractivity contribution in [2.75, 3.05) is 7.11 Å². The fourth-order valence-corrected chi connectivity index (χ4v) is 2.35. The van der Waals surface area contributed by atoms with E-state index in [2.05, 4.69) is 4.98 Å². The maximum absolute atomic E-state index is 11.1. The summed E-state index contributed by atoms with van der Waals surface area (Å²) in [6.07, 6.45) is 0. The Balaban J connectivity index is 2.26. The zero-order valence-electron chi connectivity index (χ0n) is 11.8. The predicted molar refractivity (Wildman–Crippen MR) is 82.4 cm³/mol. The number of pyridine rings is 1. The first-order valence-electron chi connectivity index (χ1n) is 6.60. The van der Waals surface area contributed by atoms with Crippen molar-refractivity contribution in [2.45, 2.75) is 0 Å². The lowest BCUT2D eigenvalue weighted by molar-refractivity contribution is 0.0696. The van der Waals surface area contributed by atoms with E-state index in [0.717, 1.165) is 10.9 Å². The average molecular weight is 295 g/mol. The first kappa shape index (κ1) is 13.9. The van der Waals surface area contributed by atoms with Gasteiger partial charge in [0, 0.05) is 10.9 Å². The van der Waals surface area contributed by atoms with Crippen LogP contribution in [0.2, 0.25) is 0 Å². The summed E-state index contributed by atoms with van der Waals surface area (Å²) in [5.74, 6) is -0.851. The number of aromatic hydroxyl groups is 1. The lowest BCUT2D eigenvalue weighted by atomic mass is 10.0. The van der Waals surface area contributed by atoms with Crippen molar-refractivity contribution in [3.05, 3.63) is 54.1 Å². The fourth-order valence-electron chi connectivity index (χ4n) is 2.35. The van der Waals surface area contributed by atoms with Crippen LogP contribution in [-0.4, -0.2) is 28.3 Å². The SMILES string of the molecule is COc1nc2ccccc2cc1-c1cc(O)cc(C(=O)O)c1. The molecule has 1 heterocycles. The molecule has 0 saturated heterocycles. The van der Waals surface area contributed by atoms with Gasteiger partial charge in [0.05, 0.1) is 18.2 Å². The highest BCUT2D eigenvalue weighted by Gasteiger charge is 2.13. The van der Waals surface area contributed by atoms with Gasteiger partial charge in [0.25, 0.3) is 0 Å². The maximum Gasteiger partial charge on any atom is 0.335 e. The van der Waals surface area contributed by atoms with Crippen molar-refractivity contribution >= 4 is 16.9 Å². The molecule has 1 aromatic heterocycles. The summed E-state index contributed by atoms with van der Waals surface area (Å²) in [5, 5.41) is 19.8. The van der Waals surface area contributed by atoms with Crippen LogP contribution in [0.5, 0.6) is 11.6 Å². The van der Waals surface area contributed by atoms with Crippen LogP contribution in [0.4, 0.5) is 0 Å². The molecule has 110 valence electrons. The van der Waals surface area contributed by atoms with Crippen molar-refractivity contribution in [3.63, 3.8) is 0 Å². The van der Waals surface area contributed by atoms with E-state index in [-0.39, 0.29) is 11.3 Å². The Bertz CT molecular complexity index is 874. The number of carboxylic acids is 1. The number of phenols is 1. The van der Waals surface area contributed by atoms with Crippen molar-refractivity contribution in [3.8, 4) is 22.8 Å². The van der Waals surface area contributed by atoms with Gasteiger partial charge in [-0.3, -0.25) is 0 Å². The molecule has 3 rings (SSSR count). The summed E-state index contributed by atoms with van der Waals surface area (Å²) < 4.78 is 5.31. The number of ether oxygens (including phenoxy) is 1. The molecule has 0 radical (unpaired) electrons. The van der Waals surface area contributed by atoms with Crippen LogP contribution in [0, 0.1) is 0 Å². The van der Waals surface area contributed by atoms with E-state index in [9.17, 15) is 9.90 Å². The molecule has 3 aromatic rings. The quantitative estimate of drug-likeness (QED) is 0.775. The van der Waals surface area contributed by atoms with Crippen molar-refractivity contribution in [1.82, 2.24) is 4.98 Å². The normalized spacial score (nSPS) is 10.6. The Morgan fingerprint density at radius 2 is 1.91 bits per heavy atom. The molecule has 0 spiro atoms. The van der Waals surface area contributed by atoms with E-state index in [0.29, 0.717) is 17.0 Å². The third kappa shape index (κ3) is 2.44. The number of carboxylic acid groups (broad SMARTS) is 1. The topological polar surface area (TPSA) is 79.7 Å². The number of rotatable bonds is 3. The van der Waals surface area contributed by atoms with Gasteiger partial charge in [-0.25, -0.2) is 9.78 Å². The fraction of sp³-hybridized carbons (Fsp3) is 0.0588. The van der Waals surface area contributed by atoms with Crippen molar-refractivity contribution in [1.29, 1.82) is 0 Å². The highest BCUT2D eigenvalue weighted by Crippen LogP contribution is 2.34. The predicted octanol–water partition coefficient (Wildman–Crippen LogP) is 3.31. The second kappa shape index (κ2) is 5.37. The number of aromatic carboxylic acids is 1. The molecule has 22 heavy (non-hydrogen) atoms. The summed E-state index contributed by atoms with van der Waals surface area (Å²) in [5.41, 5.74) is 1.94. The molecule has 0 saturated carbocycles. The summed E-state index contributed by atoms with van der Waals surface area (Å²) in [7, 11) is 1.50. The number of phenolic OH excluding ortho intramolecular Hbond substituents is 1. The second-order valence-electron chi connectivity index (χ2n) is 4.81. The maximum atomic E-state index is 11.1. The Labute approximate surface area is 126 Å². The van der Waals surface area contributed by atoms with Gasteiger partial charge in [-0.1, -0.05) is 18.2 Å². The van der Waals surface area contributed by atoms with Gasteiger partial charge >= 0.3 is 5.97 Å². The van der Waals surface area contributed by atoms with Crippen LogP contribution in [0.15, 0.2) is 48.5 Å². The van der Waals surface area contributed by atoms with Crippen molar-refractivity contribution in [2.24, 2.45) is 0 Å². The number of carbonyl (C=O) groups is 1. The Kier molecular flexibility index (Phi) is 3.39. The molecule has 0 unspecified atom stereocenters. The number of fused-ring (bicyclic) bond motifs is 1. The molecule has 0 bridgehead atoms. The molecule has 0 fully saturated rings. The number of para-hydroxylation sites is 1. The van der Waals surface area contributed by atoms with E-state index in [4.69, 9.17) is 9.84 Å². The number of hydrogen-bond acceptors (Lipinski definition) is 4. The van der Waals surface area contributed by atoms with Gasteiger partial charge in [0.1, 0.15) is 5.75 Å². The monoisotopic (exact) mass is 295 g/mol. The first-order chi connectivity index (χ1) is 10.6. The van der Waals surface area contributed by atoms with Crippen LogP contribution < -0.4 is 4.74 Å². The Morgan fingerprint density at radius 1 is 1.14 bits per heavy atom. The number of benzene rings is 2. The van der Waals surface area contributed by atoms with Crippen LogP contribution in [0.3, 0.4) is 0 Å². The van der Waals surface area contributed by atoms with Crippen LogP contribution >= 0.6 is 0 Å². The molecular weight excluding hydrogens is 282 g/mol. The lowest BCUT2D eigenvalue weighted by Gasteiger charge is -2.10. The first-order valence-corrected chi connectivity index (χ1v) is 6.60. The minimum absolute atomic E-state index is 0.00483. The average Bonchev–Trinajstić information content (AvgIpc) is 2.52. The molecular formula is C17H13NO4. The minimum Gasteiger partial charge on any atom is -0.508 e. The van der Waals surface area contributed by atoms with E-state index in [1.54, 1.807) is 0 Å². The standard InChI is InChI=1S/C17H13NO4/c1-22-16-14(9-10-4-2-3-5-15(10)18-16)11-6-12(17(20)21)8-13(19)7-11/h2-9,19H,1H3,(H,20,21). The largest absolute Gasteiger partial charge is 0.508 e. The third-order valence-corrected chi connectivity index (χ3v) is 3.36. The molecule has 0 aliphatic heterocycles. The molecule has 5 heteroatoms. The van der Waals surface area contributed by atoms with Gasteiger partial charge in [-0.2, -0.15) is 0 Å². The highest BCUT2D eigenvalue weighted by molar-refractivity contribution is 5.92. The van der Waals surface area contributed by atoms with Crippen molar-refractivity contribution < 1.29 is 19.7 Å². The molecule has 0 amide bonds. The highest BCUT2D eigenvalue weighted by atomic mass is 16.5. The van der Waals surface area contributed by atoms with E-state index in [1.807, 2.05) is 30.3 Å². The third-order valence-electron chi connectivity index (χ3n) is 3.36. The van der Waals surface area contributed by atoms with Crippen LogP contribution in [0.1, 0.15) is 10.4 Å². The second-order valence-corrected chi connectivity index (χ2v) is 4.81. The number of nitrogens with zero attached hydrogens (tertiary/aromatic N) is 1. The van der Waals surface area contributed by atoms with Crippen LogP contribution in [-0.2, 0) is 0 Å². The number of hydrogen-bond donors (Lipinski definition) is 2. The van der Waals surface area contributed by atoms with Crippen LogP contribution in [0.25, 0.3) is 22.0 Å². The molecule has 0 atom stereocenters. The summed E-state index contributed by atoms with van der Waals surface area (Å²) >= 11 is 0. The molecule has 2 aromatic carbocycles. The summed E-state index contributed by atoms with van der Waals surface area (Å²) in [6, 6.07) is 13.6. The Morgan fingerprint density at radius 3 is 2.64 bits per heavy atom.